The van der Waals surface area contributed by atoms with Gasteiger partial charge < -0.3 is 15.0 Å². The number of hydrogen-bond acceptors (Lipinski definition) is 6. The van der Waals surface area contributed by atoms with Gasteiger partial charge in [-0.05, 0) is 26.2 Å². The van der Waals surface area contributed by atoms with Gasteiger partial charge in [-0.1, -0.05) is 0 Å². The van der Waals surface area contributed by atoms with Crippen molar-refractivity contribution in [1.29, 1.82) is 5.26 Å². The molecule has 0 heterocycles. The lowest BCUT2D eigenvalue weighted by molar-refractivity contribution is -0.385. The van der Waals surface area contributed by atoms with Gasteiger partial charge in [-0.3, -0.25) is 10.1 Å². The number of hydrogen-bond donors (Lipinski definition) is 1. The van der Waals surface area contributed by atoms with Crippen LogP contribution >= 0.6 is 0 Å². The Morgan fingerprint density at radius 1 is 1.45 bits per heavy atom. The molecule has 1 rings (SSSR count). The molecule has 0 saturated carbocycles. The molecule has 7 nitrogen and oxygen atoms in total. The Kier molecular flexibility index (Phi) is 6.43. The zero-order chi connectivity index (χ0) is 15.0. The number of nitro groups is 1. The Morgan fingerprint density at radius 2 is 2.20 bits per heavy atom. The van der Waals surface area contributed by atoms with Gasteiger partial charge in [-0.25, -0.2) is 0 Å². The summed E-state index contributed by atoms with van der Waals surface area (Å²) in [6.07, 6.45) is 0. The first kappa shape index (κ1) is 15.9. The summed E-state index contributed by atoms with van der Waals surface area (Å²) in [6, 6.07) is 6.20. The number of nitriles is 1. The highest BCUT2D eigenvalue weighted by molar-refractivity contribution is 5.58. The van der Waals surface area contributed by atoms with Crippen LogP contribution in [0.15, 0.2) is 18.2 Å². The van der Waals surface area contributed by atoms with Crippen LogP contribution in [0.4, 0.5) is 11.4 Å². The van der Waals surface area contributed by atoms with Crippen molar-refractivity contribution in [2.24, 2.45) is 0 Å². The molecule has 0 aromatic heterocycles. The highest BCUT2D eigenvalue weighted by Crippen LogP contribution is 2.21. The van der Waals surface area contributed by atoms with E-state index in [0.29, 0.717) is 25.4 Å². The molecule has 1 aromatic rings. The average molecular weight is 278 g/mol. The maximum absolute atomic E-state index is 10.7. The number of nitrogens with one attached hydrogen (secondary N) is 1. The van der Waals surface area contributed by atoms with Crippen molar-refractivity contribution >= 4 is 11.4 Å². The van der Waals surface area contributed by atoms with Crippen LogP contribution in [0.1, 0.15) is 5.56 Å². The summed E-state index contributed by atoms with van der Waals surface area (Å²) in [7, 11) is 3.95. The van der Waals surface area contributed by atoms with Crippen molar-refractivity contribution in [3.05, 3.63) is 33.9 Å². The fraction of sp³-hybridized carbons (Fsp3) is 0.462. The van der Waals surface area contributed by atoms with E-state index in [0.717, 1.165) is 6.54 Å². The molecular formula is C13H18N4O3. The summed E-state index contributed by atoms with van der Waals surface area (Å²) >= 11 is 0. The Bertz CT molecular complexity index is 497. The maximum Gasteiger partial charge on any atom is 0.287 e. The van der Waals surface area contributed by atoms with Crippen molar-refractivity contribution in [3.8, 4) is 6.07 Å². The van der Waals surface area contributed by atoms with Gasteiger partial charge in [0.05, 0.1) is 18.1 Å². The largest absolute Gasteiger partial charge is 0.383 e. The SMILES string of the molecule is CN(C)CCOCCNc1ccc([N+](=O)[O-])c(C#N)c1. The second kappa shape index (κ2) is 8.09. The summed E-state index contributed by atoms with van der Waals surface area (Å²) in [5.74, 6) is 0. The minimum Gasteiger partial charge on any atom is -0.383 e. The third-order valence-electron chi connectivity index (χ3n) is 2.57. The number of nitrogens with zero attached hydrogens (tertiary/aromatic N) is 3. The van der Waals surface area contributed by atoms with Crippen LogP contribution in [0.2, 0.25) is 0 Å². The van der Waals surface area contributed by atoms with E-state index in [9.17, 15) is 10.1 Å². The predicted molar refractivity (Wildman–Crippen MR) is 75.7 cm³/mol. The Morgan fingerprint density at radius 3 is 2.80 bits per heavy atom. The smallest absolute Gasteiger partial charge is 0.287 e. The number of benzene rings is 1. The third-order valence-corrected chi connectivity index (χ3v) is 2.57. The quantitative estimate of drug-likeness (QED) is 0.439. The van der Waals surface area contributed by atoms with E-state index < -0.39 is 4.92 Å². The first-order chi connectivity index (χ1) is 9.54. The second-order valence-electron chi connectivity index (χ2n) is 4.44. The minimum atomic E-state index is -0.563. The van der Waals surface area contributed by atoms with E-state index >= 15 is 0 Å². The summed E-state index contributed by atoms with van der Waals surface area (Å²) < 4.78 is 5.41. The fourth-order valence-electron chi connectivity index (χ4n) is 1.51. The molecule has 1 aromatic carbocycles. The van der Waals surface area contributed by atoms with Crippen LogP contribution in [-0.2, 0) is 4.74 Å². The molecule has 0 aliphatic rings. The van der Waals surface area contributed by atoms with Crippen molar-refractivity contribution < 1.29 is 9.66 Å². The summed E-state index contributed by atoms with van der Waals surface area (Å²) in [5.41, 5.74) is 0.539. The first-order valence-corrected chi connectivity index (χ1v) is 6.19. The molecule has 20 heavy (non-hydrogen) atoms. The molecule has 0 atom stereocenters. The molecular weight excluding hydrogens is 260 g/mol. The van der Waals surface area contributed by atoms with E-state index in [1.165, 1.54) is 12.1 Å². The molecule has 0 fully saturated rings. The third kappa shape index (κ3) is 5.22. The first-order valence-electron chi connectivity index (χ1n) is 6.19. The van der Waals surface area contributed by atoms with E-state index in [1.54, 1.807) is 6.07 Å². The van der Waals surface area contributed by atoms with Crippen LogP contribution < -0.4 is 5.32 Å². The predicted octanol–water partition coefficient (Wildman–Crippen LogP) is 1.46. The molecule has 108 valence electrons. The van der Waals surface area contributed by atoms with Gasteiger partial charge in [-0.2, -0.15) is 5.26 Å². The molecule has 0 radical (unpaired) electrons. The van der Waals surface area contributed by atoms with Crippen molar-refractivity contribution in [3.63, 3.8) is 0 Å². The van der Waals surface area contributed by atoms with Crippen LogP contribution in [0.5, 0.6) is 0 Å². The molecule has 0 amide bonds. The monoisotopic (exact) mass is 278 g/mol. The minimum absolute atomic E-state index is 0.0496. The van der Waals surface area contributed by atoms with E-state index in [-0.39, 0.29) is 11.3 Å². The van der Waals surface area contributed by atoms with Crippen molar-refractivity contribution in [2.75, 3.05) is 45.7 Å². The van der Waals surface area contributed by atoms with Crippen molar-refractivity contribution in [1.82, 2.24) is 4.90 Å². The van der Waals surface area contributed by atoms with Gasteiger partial charge in [0.1, 0.15) is 11.6 Å². The van der Waals surface area contributed by atoms with Crippen LogP contribution in [0, 0.1) is 21.4 Å². The summed E-state index contributed by atoms with van der Waals surface area (Å²) in [5, 5.41) is 22.6. The second-order valence-corrected chi connectivity index (χ2v) is 4.44. The molecule has 0 unspecified atom stereocenters. The Hall–Kier alpha value is -2.17. The number of nitro benzene ring substituents is 1. The van der Waals surface area contributed by atoms with Gasteiger partial charge in [0, 0.05) is 24.8 Å². The highest BCUT2D eigenvalue weighted by Gasteiger charge is 2.13. The molecule has 0 saturated heterocycles. The van der Waals surface area contributed by atoms with E-state index in [4.69, 9.17) is 10.00 Å². The van der Waals surface area contributed by atoms with Gasteiger partial charge >= 0.3 is 0 Å². The number of likely N-dealkylation sites (N-methyl/N-ethyl adjacent to an activating group) is 1. The van der Waals surface area contributed by atoms with Crippen molar-refractivity contribution in [2.45, 2.75) is 0 Å². The average Bonchev–Trinajstić information content (AvgIpc) is 2.41. The summed E-state index contributed by atoms with van der Waals surface area (Å²) in [6.45, 7) is 2.62. The lowest BCUT2D eigenvalue weighted by Crippen LogP contribution is -2.20. The molecule has 1 N–H and O–H groups in total. The molecule has 0 bridgehead atoms. The zero-order valence-corrected chi connectivity index (χ0v) is 11.6. The van der Waals surface area contributed by atoms with Crippen LogP contribution in [0.3, 0.4) is 0 Å². The summed E-state index contributed by atoms with van der Waals surface area (Å²) in [4.78, 5) is 12.2. The topological polar surface area (TPSA) is 91.4 Å². The molecule has 0 aliphatic carbocycles. The van der Waals surface area contributed by atoms with Gasteiger partial charge in [0.15, 0.2) is 0 Å². The van der Waals surface area contributed by atoms with Gasteiger partial charge in [-0.15, -0.1) is 0 Å². The lowest BCUT2D eigenvalue weighted by atomic mass is 10.2. The van der Waals surface area contributed by atoms with Gasteiger partial charge in [0.2, 0.25) is 0 Å². The fourth-order valence-corrected chi connectivity index (χ4v) is 1.51. The number of ether oxygens (including phenoxy) is 1. The van der Waals surface area contributed by atoms with Gasteiger partial charge in [0.25, 0.3) is 5.69 Å². The molecule has 0 aliphatic heterocycles. The zero-order valence-electron chi connectivity index (χ0n) is 11.6. The number of rotatable bonds is 8. The normalized spacial score (nSPS) is 10.3. The standard InChI is InChI=1S/C13H18N4O3/c1-16(2)6-8-20-7-5-15-12-3-4-13(17(18)19)11(9-12)10-14/h3-4,9,15H,5-8H2,1-2H3. The van der Waals surface area contributed by atoms with E-state index in [2.05, 4.69) is 5.32 Å². The highest BCUT2D eigenvalue weighted by atomic mass is 16.6. The van der Waals surface area contributed by atoms with Crippen LogP contribution in [0.25, 0.3) is 0 Å². The Balaban J connectivity index is 2.42. The van der Waals surface area contributed by atoms with E-state index in [1.807, 2.05) is 25.1 Å². The Labute approximate surface area is 117 Å². The number of anilines is 1. The molecule has 7 heteroatoms. The lowest BCUT2D eigenvalue weighted by Gasteiger charge is -2.10. The molecule has 0 spiro atoms. The van der Waals surface area contributed by atoms with Crippen LogP contribution in [-0.4, -0.2) is 50.2 Å². The maximum atomic E-state index is 10.7.